The third kappa shape index (κ3) is 2.49. The molecular formula is C21H19ClN2O3. The fraction of sp³-hybridized carbons (Fsp3) is 0.333. The van der Waals surface area contributed by atoms with Gasteiger partial charge in [-0.1, -0.05) is 35.9 Å². The maximum absolute atomic E-state index is 13.1. The van der Waals surface area contributed by atoms with Gasteiger partial charge in [0, 0.05) is 12.0 Å². The van der Waals surface area contributed by atoms with Crippen LogP contribution in [0.3, 0.4) is 0 Å². The first-order chi connectivity index (χ1) is 13.1. The van der Waals surface area contributed by atoms with Gasteiger partial charge in [0.1, 0.15) is 11.4 Å². The molecule has 138 valence electrons. The van der Waals surface area contributed by atoms with Crippen molar-refractivity contribution in [2.24, 2.45) is 0 Å². The van der Waals surface area contributed by atoms with Crippen LogP contribution in [0.5, 0.6) is 5.75 Å². The van der Waals surface area contributed by atoms with E-state index in [1.54, 1.807) is 30.3 Å². The number of rotatable bonds is 1. The molecule has 5 rings (SSSR count). The number of carbonyl (C=O) groups is 2. The van der Waals surface area contributed by atoms with Gasteiger partial charge in [-0.15, -0.1) is 0 Å². The third-order valence-electron chi connectivity index (χ3n) is 5.89. The fourth-order valence-corrected chi connectivity index (χ4v) is 4.75. The highest BCUT2D eigenvalue weighted by Crippen LogP contribution is 2.50. The number of nitrogens with one attached hydrogen (secondary N) is 1. The Labute approximate surface area is 162 Å². The third-order valence-corrected chi connectivity index (χ3v) is 6.19. The van der Waals surface area contributed by atoms with E-state index < -0.39 is 5.60 Å². The predicted molar refractivity (Wildman–Crippen MR) is 101 cm³/mol. The van der Waals surface area contributed by atoms with Crippen LogP contribution in [0, 0.1) is 0 Å². The second kappa shape index (κ2) is 6.08. The molecule has 1 N–H and O–H groups in total. The van der Waals surface area contributed by atoms with Crippen LogP contribution < -0.4 is 10.1 Å². The van der Waals surface area contributed by atoms with Crippen LogP contribution in [-0.2, 0) is 0 Å². The van der Waals surface area contributed by atoms with Crippen molar-refractivity contribution in [1.29, 1.82) is 0 Å². The van der Waals surface area contributed by atoms with E-state index in [-0.39, 0.29) is 17.9 Å². The van der Waals surface area contributed by atoms with Crippen molar-refractivity contribution in [2.45, 2.75) is 30.9 Å². The zero-order chi connectivity index (χ0) is 18.6. The maximum Gasteiger partial charge on any atom is 0.262 e. The lowest BCUT2D eigenvalue weighted by Crippen LogP contribution is -2.52. The van der Waals surface area contributed by atoms with Gasteiger partial charge in [0.2, 0.25) is 0 Å². The molecule has 27 heavy (non-hydrogen) atoms. The number of fused-ring (bicyclic) bond motifs is 2. The van der Waals surface area contributed by atoms with Gasteiger partial charge >= 0.3 is 0 Å². The van der Waals surface area contributed by atoms with E-state index in [0.29, 0.717) is 28.3 Å². The van der Waals surface area contributed by atoms with Crippen LogP contribution in [0.2, 0.25) is 5.02 Å². The Morgan fingerprint density at radius 2 is 1.67 bits per heavy atom. The molecular weight excluding hydrogens is 364 g/mol. The van der Waals surface area contributed by atoms with Gasteiger partial charge in [-0.3, -0.25) is 14.5 Å². The summed E-state index contributed by atoms with van der Waals surface area (Å²) in [5, 5.41) is 3.87. The first-order valence-corrected chi connectivity index (χ1v) is 9.62. The topological polar surface area (TPSA) is 58.6 Å². The van der Waals surface area contributed by atoms with Crippen LogP contribution in [0.4, 0.5) is 0 Å². The normalized spacial score (nSPS) is 23.1. The predicted octanol–water partition coefficient (Wildman–Crippen LogP) is 3.58. The molecule has 0 radical (unpaired) electrons. The highest BCUT2D eigenvalue weighted by molar-refractivity contribution is 6.32. The van der Waals surface area contributed by atoms with Gasteiger partial charge in [-0.25, -0.2) is 0 Å². The lowest BCUT2D eigenvalue weighted by molar-refractivity contribution is -0.0125. The molecule has 0 bridgehead atoms. The summed E-state index contributed by atoms with van der Waals surface area (Å²) in [4.78, 5) is 27.6. The molecule has 1 fully saturated rings. The lowest BCUT2D eigenvalue weighted by Gasteiger charge is -2.46. The Bertz CT molecular complexity index is 917. The number of imide groups is 1. The van der Waals surface area contributed by atoms with Gasteiger partial charge < -0.3 is 10.1 Å². The van der Waals surface area contributed by atoms with E-state index in [0.717, 1.165) is 31.5 Å². The second-order valence-corrected chi connectivity index (χ2v) is 7.85. The van der Waals surface area contributed by atoms with Crippen LogP contribution in [0.1, 0.15) is 51.6 Å². The van der Waals surface area contributed by atoms with Crippen molar-refractivity contribution in [3.05, 3.63) is 64.2 Å². The Kier molecular flexibility index (Phi) is 3.78. The highest BCUT2D eigenvalue weighted by Gasteiger charge is 2.49. The number of ether oxygens (including phenoxy) is 1. The molecule has 3 aliphatic heterocycles. The first kappa shape index (κ1) is 16.8. The molecule has 2 aromatic rings. The minimum absolute atomic E-state index is 0.238. The van der Waals surface area contributed by atoms with Crippen molar-refractivity contribution in [1.82, 2.24) is 10.2 Å². The molecule has 0 saturated carbocycles. The summed E-state index contributed by atoms with van der Waals surface area (Å²) in [7, 11) is 0. The fourth-order valence-electron chi connectivity index (χ4n) is 4.53. The maximum atomic E-state index is 13.1. The smallest absolute Gasteiger partial charge is 0.262 e. The van der Waals surface area contributed by atoms with Gasteiger partial charge in [0.05, 0.1) is 22.2 Å². The van der Waals surface area contributed by atoms with Gasteiger partial charge in [-0.05, 0) is 44.1 Å². The number of nitrogens with zero attached hydrogens (tertiary/aromatic N) is 1. The molecule has 1 unspecified atom stereocenters. The summed E-state index contributed by atoms with van der Waals surface area (Å²) in [6.45, 7) is 1.68. The molecule has 1 atom stereocenters. The van der Waals surface area contributed by atoms with Crippen LogP contribution in [0.15, 0.2) is 42.5 Å². The Hall–Kier alpha value is -2.37. The second-order valence-electron chi connectivity index (χ2n) is 7.44. The quantitative estimate of drug-likeness (QED) is 0.766. The number of para-hydroxylation sites is 1. The van der Waals surface area contributed by atoms with Gasteiger partial charge in [-0.2, -0.15) is 0 Å². The van der Waals surface area contributed by atoms with Crippen molar-refractivity contribution in [3.8, 4) is 5.75 Å². The molecule has 0 aromatic heterocycles. The van der Waals surface area contributed by atoms with Crippen LogP contribution >= 0.6 is 11.6 Å². The van der Waals surface area contributed by atoms with Crippen molar-refractivity contribution < 1.29 is 14.3 Å². The standard InChI is InChI=1S/C21H19ClN2O3/c22-16-7-3-6-15-17(12-21(27-18(15)16)8-10-23-11-9-21)24-19(25)13-4-1-2-5-14(13)20(24)26/h1-7,17,23H,8-12H2. The number of carbonyl (C=O) groups excluding carboxylic acids is 2. The highest BCUT2D eigenvalue weighted by atomic mass is 35.5. The van der Waals surface area contributed by atoms with Crippen LogP contribution in [0.25, 0.3) is 0 Å². The molecule has 3 heterocycles. The summed E-state index contributed by atoms with van der Waals surface area (Å²) in [5.41, 5.74) is 1.33. The number of benzene rings is 2. The van der Waals surface area contributed by atoms with Crippen molar-refractivity contribution in [3.63, 3.8) is 0 Å². The largest absolute Gasteiger partial charge is 0.485 e. The van der Waals surface area contributed by atoms with E-state index in [9.17, 15) is 9.59 Å². The summed E-state index contributed by atoms with van der Waals surface area (Å²) in [6.07, 6.45) is 2.22. The lowest BCUT2D eigenvalue weighted by atomic mass is 9.80. The summed E-state index contributed by atoms with van der Waals surface area (Å²) < 4.78 is 6.41. The van der Waals surface area contributed by atoms with Gasteiger partial charge in [0.15, 0.2) is 0 Å². The molecule has 2 aromatic carbocycles. The molecule has 6 heteroatoms. The minimum atomic E-state index is -0.413. The van der Waals surface area contributed by atoms with E-state index in [1.807, 2.05) is 12.1 Å². The SMILES string of the molecule is O=C1c2ccccc2C(=O)N1C1CC2(CCNCC2)Oc2c(Cl)cccc21. The van der Waals surface area contributed by atoms with Crippen LogP contribution in [-0.4, -0.2) is 35.4 Å². The Morgan fingerprint density at radius 1 is 1.00 bits per heavy atom. The summed E-state index contributed by atoms with van der Waals surface area (Å²) in [6, 6.07) is 12.2. The van der Waals surface area contributed by atoms with E-state index in [1.165, 1.54) is 4.90 Å². The number of halogens is 1. The first-order valence-electron chi connectivity index (χ1n) is 9.25. The molecule has 0 aliphatic carbocycles. The molecule has 1 spiro atoms. The Morgan fingerprint density at radius 3 is 2.33 bits per heavy atom. The number of piperidine rings is 1. The molecule has 2 amide bonds. The Balaban J connectivity index is 1.62. The molecule has 3 aliphatic rings. The van der Waals surface area contributed by atoms with Gasteiger partial charge in [0.25, 0.3) is 11.8 Å². The zero-order valence-corrected chi connectivity index (χ0v) is 15.5. The number of hydrogen-bond donors (Lipinski definition) is 1. The van der Waals surface area contributed by atoms with Crippen molar-refractivity contribution >= 4 is 23.4 Å². The van der Waals surface area contributed by atoms with E-state index >= 15 is 0 Å². The zero-order valence-electron chi connectivity index (χ0n) is 14.7. The van der Waals surface area contributed by atoms with E-state index in [2.05, 4.69) is 5.32 Å². The summed E-state index contributed by atoms with van der Waals surface area (Å²) in [5.74, 6) is 0.129. The monoisotopic (exact) mass is 382 g/mol. The average molecular weight is 383 g/mol. The van der Waals surface area contributed by atoms with E-state index in [4.69, 9.17) is 16.3 Å². The summed E-state index contributed by atoms with van der Waals surface area (Å²) >= 11 is 6.45. The number of amides is 2. The number of hydrogen-bond acceptors (Lipinski definition) is 4. The average Bonchev–Trinajstić information content (AvgIpc) is 2.94. The minimum Gasteiger partial charge on any atom is -0.485 e. The molecule has 1 saturated heterocycles. The van der Waals surface area contributed by atoms with Crippen molar-refractivity contribution in [2.75, 3.05) is 13.1 Å². The molecule has 5 nitrogen and oxygen atoms in total.